The number of rotatable bonds is 6. The molecule has 0 saturated carbocycles. The highest BCUT2D eigenvalue weighted by molar-refractivity contribution is 5.95. The third kappa shape index (κ3) is 4.63. The van der Waals surface area contributed by atoms with E-state index in [2.05, 4.69) is 21.2 Å². The number of hydrazine groups is 1. The van der Waals surface area contributed by atoms with E-state index in [-0.39, 0.29) is 12.5 Å². The Morgan fingerprint density at radius 1 is 1.07 bits per heavy atom. The Morgan fingerprint density at radius 2 is 1.85 bits per heavy atom. The number of nitrogens with zero attached hydrogens (tertiary/aromatic N) is 2. The van der Waals surface area contributed by atoms with Crippen LogP contribution in [0.2, 0.25) is 0 Å². The number of carbonyl (C=O) groups excluding carboxylic acids is 2. The molecule has 3 rings (SSSR count). The van der Waals surface area contributed by atoms with Gasteiger partial charge in [-0.2, -0.15) is 0 Å². The summed E-state index contributed by atoms with van der Waals surface area (Å²) < 4.78 is 7.03. The monoisotopic (exact) mass is 365 g/mol. The van der Waals surface area contributed by atoms with Crippen molar-refractivity contribution in [1.82, 2.24) is 20.4 Å². The van der Waals surface area contributed by atoms with E-state index in [4.69, 9.17) is 4.74 Å². The summed E-state index contributed by atoms with van der Waals surface area (Å²) in [6.45, 7) is -0.0137. The molecule has 0 fully saturated rings. The van der Waals surface area contributed by atoms with Crippen molar-refractivity contribution in [2.45, 2.75) is 0 Å². The number of anilines is 1. The predicted molar refractivity (Wildman–Crippen MR) is 101 cm³/mol. The van der Waals surface area contributed by atoms with Crippen LogP contribution < -0.4 is 20.9 Å². The van der Waals surface area contributed by atoms with E-state index >= 15 is 0 Å². The number of ether oxygens (including phenoxy) is 1. The third-order valence-corrected chi connectivity index (χ3v) is 3.79. The fourth-order valence-electron chi connectivity index (χ4n) is 2.41. The number of methoxy groups -OCH3 is 1. The molecule has 0 unspecified atom stereocenters. The Hall–Kier alpha value is -3.81. The maximum Gasteiger partial charge on any atom is 0.269 e. The summed E-state index contributed by atoms with van der Waals surface area (Å²) >= 11 is 0. The molecule has 0 aliphatic rings. The van der Waals surface area contributed by atoms with Gasteiger partial charge in [-0.3, -0.25) is 20.4 Å². The number of carbonyl (C=O) groups is 2. The highest BCUT2D eigenvalue weighted by atomic mass is 16.5. The summed E-state index contributed by atoms with van der Waals surface area (Å²) in [5.41, 5.74) is 6.77. The lowest BCUT2D eigenvalue weighted by Gasteiger charge is -2.11. The van der Waals surface area contributed by atoms with Crippen LogP contribution in [-0.4, -0.2) is 35.0 Å². The van der Waals surface area contributed by atoms with E-state index in [1.807, 2.05) is 22.9 Å². The molecule has 0 bridgehead atoms. The van der Waals surface area contributed by atoms with Gasteiger partial charge in [0.15, 0.2) is 0 Å². The molecule has 0 saturated heterocycles. The fraction of sp³-hybridized carbons (Fsp3) is 0.105. The molecule has 1 aromatic heterocycles. The van der Waals surface area contributed by atoms with Gasteiger partial charge in [0.25, 0.3) is 11.8 Å². The lowest BCUT2D eigenvalue weighted by molar-refractivity contribution is -0.120. The van der Waals surface area contributed by atoms with Crippen LogP contribution in [0.1, 0.15) is 10.4 Å². The maximum atomic E-state index is 12.1. The smallest absolute Gasteiger partial charge is 0.269 e. The molecule has 27 heavy (non-hydrogen) atoms. The molecule has 0 aliphatic heterocycles. The van der Waals surface area contributed by atoms with Crippen molar-refractivity contribution in [3.05, 3.63) is 72.8 Å². The normalized spacial score (nSPS) is 10.1. The SMILES string of the molecule is COc1ccccc1NCC(=O)NNC(=O)c1ccc(-n2ccnc2)cc1. The lowest BCUT2D eigenvalue weighted by Crippen LogP contribution is -2.44. The first-order chi connectivity index (χ1) is 13.2. The minimum atomic E-state index is -0.405. The second-order valence-electron chi connectivity index (χ2n) is 5.57. The van der Waals surface area contributed by atoms with Gasteiger partial charge < -0.3 is 14.6 Å². The number of amides is 2. The summed E-state index contributed by atoms with van der Waals surface area (Å²) in [6.07, 6.45) is 5.16. The van der Waals surface area contributed by atoms with Crippen LogP contribution in [0.4, 0.5) is 5.69 Å². The van der Waals surface area contributed by atoms with E-state index < -0.39 is 5.91 Å². The van der Waals surface area contributed by atoms with E-state index in [9.17, 15) is 9.59 Å². The van der Waals surface area contributed by atoms with Gasteiger partial charge in [0.05, 0.1) is 25.7 Å². The Bertz CT molecular complexity index is 907. The van der Waals surface area contributed by atoms with Gasteiger partial charge in [0.2, 0.25) is 0 Å². The van der Waals surface area contributed by atoms with Crippen molar-refractivity contribution < 1.29 is 14.3 Å². The second-order valence-corrected chi connectivity index (χ2v) is 5.57. The van der Waals surface area contributed by atoms with Gasteiger partial charge in [-0.15, -0.1) is 0 Å². The minimum Gasteiger partial charge on any atom is -0.495 e. The highest BCUT2D eigenvalue weighted by Crippen LogP contribution is 2.22. The van der Waals surface area contributed by atoms with E-state index in [0.29, 0.717) is 17.0 Å². The molecule has 8 nitrogen and oxygen atoms in total. The molecule has 8 heteroatoms. The predicted octanol–water partition coefficient (Wildman–Crippen LogP) is 1.75. The molecule has 3 N–H and O–H groups in total. The van der Waals surface area contributed by atoms with Gasteiger partial charge >= 0.3 is 0 Å². The summed E-state index contributed by atoms with van der Waals surface area (Å²) in [4.78, 5) is 28.0. The standard InChI is InChI=1S/C19H19N5O3/c1-27-17-5-3-2-4-16(17)21-12-18(25)22-23-19(26)14-6-8-15(9-7-14)24-11-10-20-13-24/h2-11,13,21H,12H2,1H3,(H,22,25)(H,23,26). The average Bonchev–Trinajstić information content (AvgIpc) is 3.25. The van der Waals surface area contributed by atoms with Crippen LogP contribution in [0.15, 0.2) is 67.3 Å². The number of imidazole rings is 1. The number of aromatic nitrogens is 2. The second kappa shape index (κ2) is 8.52. The highest BCUT2D eigenvalue weighted by Gasteiger charge is 2.09. The number of para-hydroxylation sites is 2. The van der Waals surface area contributed by atoms with Crippen LogP contribution in [0.25, 0.3) is 5.69 Å². The lowest BCUT2D eigenvalue weighted by atomic mass is 10.2. The maximum absolute atomic E-state index is 12.1. The van der Waals surface area contributed by atoms with Crippen molar-refractivity contribution in [1.29, 1.82) is 0 Å². The minimum absolute atomic E-state index is 0.0137. The summed E-state index contributed by atoms with van der Waals surface area (Å²) in [7, 11) is 1.55. The summed E-state index contributed by atoms with van der Waals surface area (Å²) in [5, 5.41) is 2.95. The van der Waals surface area contributed by atoms with Crippen molar-refractivity contribution >= 4 is 17.5 Å². The van der Waals surface area contributed by atoms with Crippen LogP contribution in [0.5, 0.6) is 5.75 Å². The Kier molecular flexibility index (Phi) is 5.68. The Labute approximate surface area is 156 Å². The van der Waals surface area contributed by atoms with E-state index in [1.54, 1.807) is 56.0 Å². The first kappa shape index (κ1) is 18.0. The molecular weight excluding hydrogens is 346 g/mol. The largest absolute Gasteiger partial charge is 0.495 e. The zero-order valence-corrected chi connectivity index (χ0v) is 14.7. The first-order valence-corrected chi connectivity index (χ1v) is 8.22. The molecule has 138 valence electrons. The molecule has 1 heterocycles. The van der Waals surface area contributed by atoms with Crippen molar-refractivity contribution in [2.24, 2.45) is 0 Å². The van der Waals surface area contributed by atoms with Crippen LogP contribution in [0, 0.1) is 0 Å². The van der Waals surface area contributed by atoms with Crippen LogP contribution in [-0.2, 0) is 4.79 Å². The topological polar surface area (TPSA) is 97.3 Å². The molecular formula is C19H19N5O3. The zero-order valence-electron chi connectivity index (χ0n) is 14.7. The molecule has 0 spiro atoms. The molecule has 2 aromatic carbocycles. The number of nitrogens with one attached hydrogen (secondary N) is 3. The molecule has 0 radical (unpaired) electrons. The van der Waals surface area contributed by atoms with Crippen LogP contribution in [0.3, 0.4) is 0 Å². The van der Waals surface area contributed by atoms with Gasteiger partial charge in [-0.1, -0.05) is 12.1 Å². The average molecular weight is 365 g/mol. The Balaban J connectivity index is 1.49. The number of hydrogen-bond donors (Lipinski definition) is 3. The third-order valence-electron chi connectivity index (χ3n) is 3.79. The van der Waals surface area contributed by atoms with Gasteiger partial charge in [0.1, 0.15) is 5.75 Å². The number of hydrogen-bond acceptors (Lipinski definition) is 5. The number of benzene rings is 2. The summed E-state index contributed by atoms with van der Waals surface area (Å²) in [6, 6.07) is 14.2. The van der Waals surface area contributed by atoms with Crippen molar-refractivity contribution in [3.8, 4) is 11.4 Å². The fourth-order valence-corrected chi connectivity index (χ4v) is 2.41. The quantitative estimate of drug-likeness (QED) is 0.578. The molecule has 0 aliphatic carbocycles. The van der Waals surface area contributed by atoms with Crippen LogP contribution >= 0.6 is 0 Å². The molecule has 0 atom stereocenters. The molecule has 2 amide bonds. The Morgan fingerprint density at radius 3 is 2.56 bits per heavy atom. The van der Waals surface area contributed by atoms with Gasteiger partial charge in [-0.05, 0) is 36.4 Å². The van der Waals surface area contributed by atoms with Crippen molar-refractivity contribution in [3.63, 3.8) is 0 Å². The van der Waals surface area contributed by atoms with E-state index in [1.165, 1.54) is 0 Å². The van der Waals surface area contributed by atoms with Gasteiger partial charge in [-0.25, -0.2) is 4.98 Å². The zero-order chi connectivity index (χ0) is 19.1. The van der Waals surface area contributed by atoms with Crippen molar-refractivity contribution in [2.75, 3.05) is 19.0 Å². The molecule has 3 aromatic rings. The van der Waals surface area contributed by atoms with Gasteiger partial charge in [0, 0.05) is 23.6 Å². The van der Waals surface area contributed by atoms with E-state index in [0.717, 1.165) is 5.69 Å². The first-order valence-electron chi connectivity index (χ1n) is 8.22. The summed E-state index contributed by atoms with van der Waals surface area (Å²) in [5.74, 6) is -0.158.